The highest BCUT2D eigenvalue weighted by Gasteiger charge is 2.23. The number of aromatic nitrogens is 1. The zero-order valence-corrected chi connectivity index (χ0v) is 10.2. The first-order valence-electron chi connectivity index (χ1n) is 5.59. The summed E-state index contributed by atoms with van der Waals surface area (Å²) in [4.78, 5) is 14.6. The summed E-state index contributed by atoms with van der Waals surface area (Å²) in [6, 6.07) is 1.15. The van der Waals surface area contributed by atoms with E-state index in [-0.39, 0.29) is 16.9 Å². The molecular formula is C12H17FN2O2. The average Bonchev–Trinajstić information content (AvgIpc) is 2.31. The molecule has 2 N–H and O–H groups in total. The van der Waals surface area contributed by atoms with Gasteiger partial charge in [0, 0.05) is 11.7 Å². The van der Waals surface area contributed by atoms with Gasteiger partial charge >= 0.3 is 5.97 Å². The Morgan fingerprint density at radius 1 is 1.53 bits per heavy atom. The Balaban J connectivity index is 3.08. The predicted octanol–water partition coefficient (Wildman–Crippen LogP) is 2.91. The van der Waals surface area contributed by atoms with Gasteiger partial charge in [0.2, 0.25) is 0 Å². The third-order valence-corrected chi connectivity index (χ3v) is 3.10. The Morgan fingerprint density at radius 3 is 2.59 bits per heavy atom. The van der Waals surface area contributed by atoms with Crippen LogP contribution in [-0.4, -0.2) is 21.6 Å². The molecule has 0 saturated heterocycles. The maximum atomic E-state index is 13.8. The number of carboxylic acid groups (broad SMARTS) is 1. The van der Waals surface area contributed by atoms with Crippen molar-refractivity contribution >= 4 is 11.8 Å². The Hall–Kier alpha value is -1.65. The number of halogens is 1. The molecule has 17 heavy (non-hydrogen) atoms. The average molecular weight is 240 g/mol. The lowest BCUT2D eigenvalue weighted by molar-refractivity contribution is 0.0691. The highest BCUT2D eigenvalue weighted by Crippen LogP contribution is 2.23. The first-order chi connectivity index (χ1) is 7.93. The zero-order valence-electron chi connectivity index (χ0n) is 10.2. The molecule has 0 aliphatic carbocycles. The molecule has 4 nitrogen and oxygen atoms in total. The molecule has 1 aromatic rings. The third-order valence-electron chi connectivity index (χ3n) is 3.10. The second-order valence-corrected chi connectivity index (χ2v) is 4.22. The fourth-order valence-corrected chi connectivity index (χ4v) is 1.41. The summed E-state index contributed by atoms with van der Waals surface area (Å²) in [5, 5.41) is 11.8. The Kier molecular flexibility index (Phi) is 4.04. The normalized spacial score (nSPS) is 11.3. The van der Waals surface area contributed by atoms with Crippen LogP contribution < -0.4 is 5.32 Å². The van der Waals surface area contributed by atoms with Crippen LogP contribution in [0.4, 0.5) is 10.2 Å². The number of pyridine rings is 1. The highest BCUT2D eigenvalue weighted by atomic mass is 19.1. The molecule has 1 rings (SSSR count). The van der Waals surface area contributed by atoms with Crippen LogP contribution >= 0.6 is 0 Å². The fourth-order valence-electron chi connectivity index (χ4n) is 1.41. The van der Waals surface area contributed by atoms with E-state index >= 15 is 0 Å². The zero-order chi connectivity index (χ0) is 13.1. The minimum Gasteiger partial charge on any atom is -0.478 e. The summed E-state index contributed by atoms with van der Waals surface area (Å²) in [5.41, 5.74) is -0.651. The van der Waals surface area contributed by atoms with E-state index < -0.39 is 11.8 Å². The van der Waals surface area contributed by atoms with Crippen molar-refractivity contribution in [3.05, 3.63) is 23.6 Å². The predicted molar refractivity (Wildman–Crippen MR) is 63.8 cm³/mol. The first-order valence-corrected chi connectivity index (χ1v) is 5.59. The van der Waals surface area contributed by atoms with E-state index in [9.17, 15) is 9.18 Å². The lowest BCUT2D eigenvalue weighted by atomic mass is 9.95. The molecule has 0 aromatic carbocycles. The van der Waals surface area contributed by atoms with Crippen LogP contribution in [0.15, 0.2) is 12.3 Å². The van der Waals surface area contributed by atoms with Crippen LogP contribution in [0, 0.1) is 5.82 Å². The number of nitrogens with one attached hydrogen (secondary N) is 1. The van der Waals surface area contributed by atoms with Crippen molar-refractivity contribution in [2.45, 2.75) is 39.2 Å². The molecule has 0 radical (unpaired) electrons. The number of nitrogens with zero attached hydrogens (tertiary/aromatic N) is 1. The van der Waals surface area contributed by atoms with Crippen LogP contribution in [0.25, 0.3) is 0 Å². The second-order valence-electron chi connectivity index (χ2n) is 4.22. The van der Waals surface area contributed by atoms with Gasteiger partial charge in [-0.2, -0.15) is 0 Å². The van der Waals surface area contributed by atoms with Crippen molar-refractivity contribution in [3.8, 4) is 0 Å². The molecule has 1 aromatic heterocycles. The summed E-state index contributed by atoms with van der Waals surface area (Å²) in [6.07, 6.45) is 2.88. The highest BCUT2D eigenvalue weighted by molar-refractivity contribution is 5.88. The van der Waals surface area contributed by atoms with Crippen molar-refractivity contribution in [2.75, 3.05) is 5.32 Å². The van der Waals surface area contributed by atoms with Crippen LogP contribution in [-0.2, 0) is 0 Å². The number of carbonyl (C=O) groups is 1. The van der Waals surface area contributed by atoms with Crippen LogP contribution in [0.5, 0.6) is 0 Å². The van der Waals surface area contributed by atoms with E-state index in [0.29, 0.717) is 0 Å². The van der Waals surface area contributed by atoms with Crippen LogP contribution in [0.3, 0.4) is 0 Å². The van der Waals surface area contributed by atoms with Crippen molar-refractivity contribution in [1.29, 1.82) is 0 Å². The minimum absolute atomic E-state index is 0.00361. The molecule has 0 amide bonds. The van der Waals surface area contributed by atoms with Crippen molar-refractivity contribution in [2.24, 2.45) is 0 Å². The van der Waals surface area contributed by atoms with Crippen LogP contribution in [0.2, 0.25) is 0 Å². The maximum Gasteiger partial charge on any atom is 0.338 e. The fraction of sp³-hybridized carbons (Fsp3) is 0.500. The number of anilines is 1. The Bertz CT molecular complexity index is 417. The summed E-state index contributed by atoms with van der Waals surface area (Å²) >= 11 is 0. The van der Waals surface area contributed by atoms with Crippen molar-refractivity contribution in [3.63, 3.8) is 0 Å². The lowest BCUT2D eigenvalue weighted by Gasteiger charge is -2.29. The largest absolute Gasteiger partial charge is 0.478 e. The van der Waals surface area contributed by atoms with Crippen molar-refractivity contribution in [1.82, 2.24) is 4.98 Å². The molecule has 1 heterocycles. The maximum absolute atomic E-state index is 13.8. The number of hydrogen-bond acceptors (Lipinski definition) is 3. The molecule has 0 aliphatic heterocycles. The van der Waals surface area contributed by atoms with E-state index in [2.05, 4.69) is 10.3 Å². The van der Waals surface area contributed by atoms with E-state index in [1.165, 1.54) is 6.20 Å². The summed E-state index contributed by atoms with van der Waals surface area (Å²) < 4.78 is 13.8. The first kappa shape index (κ1) is 13.4. The van der Waals surface area contributed by atoms with Gasteiger partial charge in [-0.25, -0.2) is 14.2 Å². The van der Waals surface area contributed by atoms with Gasteiger partial charge in [-0.1, -0.05) is 13.8 Å². The van der Waals surface area contributed by atoms with Gasteiger partial charge in [0.1, 0.15) is 5.56 Å². The van der Waals surface area contributed by atoms with Crippen LogP contribution in [0.1, 0.15) is 44.0 Å². The van der Waals surface area contributed by atoms with Crippen molar-refractivity contribution < 1.29 is 14.3 Å². The molecule has 5 heteroatoms. The number of carboxylic acids is 1. The molecule has 0 spiro atoms. The monoisotopic (exact) mass is 240 g/mol. The Labute approximate surface area is 99.9 Å². The van der Waals surface area contributed by atoms with E-state index in [0.717, 1.165) is 18.9 Å². The number of rotatable bonds is 5. The SMILES string of the molecule is CCC(C)(CC)Nc1nccc(C(=O)O)c1F. The quantitative estimate of drug-likeness (QED) is 0.830. The topological polar surface area (TPSA) is 62.2 Å². The number of aromatic carboxylic acids is 1. The Morgan fingerprint density at radius 2 is 2.12 bits per heavy atom. The summed E-state index contributed by atoms with van der Waals surface area (Å²) in [5.74, 6) is -2.10. The van der Waals surface area contributed by atoms with Gasteiger partial charge in [0.15, 0.2) is 11.6 Å². The molecule has 0 unspecified atom stereocenters. The van der Waals surface area contributed by atoms with E-state index in [1.807, 2.05) is 20.8 Å². The van der Waals surface area contributed by atoms with Gasteiger partial charge in [0.05, 0.1) is 0 Å². The van der Waals surface area contributed by atoms with Gasteiger partial charge in [0.25, 0.3) is 0 Å². The molecule has 0 saturated carbocycles. The summed E-state index contributed by atoms with van der Waals surface area (Å²) in [7, 11) is 0. The molecular weight excluding hydrogens is 223 g/mol. The smallest absolute Gasteiger partial charge is 0.338 e. The van der Waals surface area contributed by atoms with Gasteiger partial charge < -0.3 is 10.4 Å². The lowest BCUT2D eigenvalue weighted by Crippen LogP contribution is -2.34. The molecule has 0 atom stereocenters. The molecule has 0 aliphatic rings. The molecule has 0 fully saturated rings. The molecule has 0 bridgehead atoms. The number of hydrogen-bond donors (Lipinski definition) is 2. The van der Waals surface area contributed by atoms with E-state index in [1.54, 1.807) is 0 Å². The standard InChI is InChI=1S/C12H17FN2O2/c1-4-12(3,5-2)15-10-9(13)8(11(16)17)6-7-14-10/h6-7H,4-5H2,1-3H3,(H,14,15)(H,16,17). The third kappa shape index (κ3) is 2.93. The van der Waals surface area contributed by atoms with Gasteiger partial charge in [-0.05, 0) is 25.8 Å². The minimum atomic E-state index is -1.29. The molecule has 94 valence electrons. The summed E-state index contributed by atoms with van der Waals surface area (Å²) in [6.45, 7) is 5.91. The second kappa shape index (κ2) is 5.12. The van der Waals surface area contributed by atoms with E-state index in [4.69, 9.17) is 5.11 Å². The van der Waals surface area contributed by atoms with Gasteiger partial charge in [-0.3, -0.25) is 0 Å². The van der Waals surface area contributed by atoms with Gasteiger partial charge in [-0.15, -0.1) is 0 Å².